The van der Waals surface area contributed by atoms with Crippen molar-refractivity contribution in [1.29, 1.82) is 0 Å². The van der Waals surface area contributed by atoms with Crippen LogP contribution in [0, 0.1) is 5.41 Å². The van der Waals surface area contributed by atoms with Crippen molar-refractivity contribution in [2.24, 2.45) is 5.41 Å². The predicted octanol–water partition coefficient (Wildman–Crippen LogP) is 6.12. The molecule has 1 aliphatic rings. The summed E-state index contributed by atoms with van der Waals surface area (Å²) in [4.78, 5) is 13.5. The van der Waals surface area contributed by atoms with Gasteiger partial charge in [-0.1, -0.05) is 76.6 Å². The lowest BCUT2D eigenvalue weighted by atomic mass is 9.70. The van der Waals surface area contributed by atoms with Gasteiger partial charge in [-0.25, -0.2) is 13.2 Å². The summed E-state index contributed by atoms with van der Waals surface area (Å²) in [7, 11) is -3.46. The first-order chi connectivity index (χ1) is 16.3. The third-order valence-electron chi connectivity index (χ3n) is 6.43. The number of cyclic esters (lactones) is 1. The largest absolute Gasteiger partial charge is 0.512 e. The fourth-order valence-corrected chi connectivity index (χ4v) is 5.62. The number of rotatable bonds is 9. The van der Waals surface area contributed by atoms with E-state index in [1.54, 1.807) is 18.2 Å². The highest BCUT2D eigenvalue weighted by Crippen LogP contribution is 2.47. The van der Waals surface area contributed by atoms with E-state index in [4.69, 9.17) is 4.74 Å². The van der Waals surface area contributed by atoms with E-state index in [2.05, 4.69) is 16.9 Å². The van der Waals surface area contributed by atoms with Crippen LogP contribution in [0.2, 0.25) is 0 Å². The molecule has 2 aromatic rings. The van der Waals surface area contributed by atoms with Crippen LogP contribution in [0.15, 0.2) is 65.9 Å². The second kappa shape index (κ2) is 10.4. The zero-order chi connectivity index (χ0) is 25.9. The number of hydrogen-bond donors (Lipinski definition) is 2. The number of sulfonamides is 1. The number of aryl methyl sites for hydroxylation is 1. The summed E-state index contributed by atoms with van der Waals surface area (Å²) in [6.45, 7) is 8.02. The molecule has 0 spiro atoms. The fraction of sp³-hybridized carbons (Fsp3) is 0.464. The third kappa shape index (κ3) is 6.88. The van der Waals surface area contributed by atoms with Crippen molar-refractivity contribution in [1.82, 2.24) is 0 Å². The molecule has 6 nitrogen and oxygen atoms in total. The molecule has 0 amide bonds. The normalized spacial score (nSPS) is 19.9. The van der Waals surface area contributed by atoms with Gasteiger partial charge < -0.3 is 9.84 Å². The van der Waals surface area contributed by atoms with Gasteiger partial charge in [0.25, 0.3) is 0 Å². The quantitative estimate of drug-likeness (QED) is 0.406. The maximum Gasteiger partial charge on any atom is 0.338 e. The molecule has 2 atom stereocenters. The highest BCUT2D eigenvalue weighted by Gasteiger charge is 2.45. The number of aliphatic hydroxyl groups is 1. The van der Waals surface area contributed by atoms with Gasteiger partial charge >= 0.3 is 5.97 Å². The summed E-state index contributed by atoms with van der Waals surface area (Å²) in [6.07, 6.45) is 4.23. The molecule has 0 saturated heterocycles. The monoisotopic (exact) mass is 499 g/mol. The third-order valence-corrected chi connectivity index (χ3v) is 7.03. The average molecular weight is 500 g/mol. The zero-order valence-electron chi connectivity index (χ0n) is 21.3. The Morgan fingerprint density at radius 1 is 1.09 bits per heavy atom. The Balaban J connectivity index is 1.98. The van der Waals surface area contributed by atoms with Crippen LogP contribution in [0.25, 0.3) is 0 Å². The number of aliphatic hydroxyl groups excluding tert-OH is 1. The Morgan fingerprint density at radius 2 is 1.77 bits per heavy atom. The Labute approximate surface area is 209 Å². The van der Waals surface area contributed by atoms with Crippen LogP contribution in [-0.4, -0.2) is 31.4 Å². The molecule has 2 unspecified atom stereocenters. The molecule has 0 aliphatic carbocycles. The molecule has 35 heavy (non-hydrogen) atoms. The first-order valence-electron chi connectivity index (χ1n) is 12.1. The fourth-order valence-electron chi connectivity index (χ4n) is 5.06. The molecule has 0 bridgehead atoms. The van der Waals surface area contributed by atoms with Gasteiger partial charge in [0, 0.05) is 18.0 Å². The maximum atomic E-state index is 13.5. The van der Waals surface area contributed by atoms with Crippen LogP contribution in [0.5, 0.6) is 0 Å². The summed E-state index contributed by atoms with van der Waals surface area (Å²) in [6, 6.07) is 17.0. The van der Waals surface area contributed by atoms with Gasteiger partial charge in [0.05, 0.1) is 11.8 Å². The van der Waals surface area contributed by atoms with Crippen molar-refractivity contribution in [3.63, 3.8) is 0 Å². The molecule has 0 fully saturated rings. The van der Waals surface area contributed by atoms with Crippen LogP contribution in [0.1, 0.15) is 70.4 Å². The number of benzene rings is 2. The molecule has 7 heteroatoms. The van der Waals surface area contributed by atoms with Gasteiger partial charge in [-0.2, -0.15) is 0 Å². The molecule has 190 valence electrons. The number of nitrogens with one attached hydrogen (secondary N) is 1. The van der Waals surface area contributed by atoms with Crippen molar-refractivity contribution in [2.75, 3.05) is 11.0 Å². The average Bonchev–Trinajstić information content (AvgIpc) is 2.74. The molecule has 1 heterocycles. The SMILES string of the molecule is CCCC1(CCc2ccccc2)CC(O)=C(C(c2cccc(NS(C)(=O)=O)c2)C(C)(C)C)C(=O)O1. The van der Waals surface area contributed by atoms with E-state index >= 15 is 0 Å². The molecule has 0 aromatic heterocycles. The molecular formula is C28H37NO5S. The van der Waals surface area contributed by atoms with Crippen molar-refractivity contribution in [3.05, 3.63) is 77.1 Å². The summed E-state index contributed by atoms with van der Waals surface area (Å²) in [5.74, 6) is -0.925. The standard InChI is InChI=1S/C28H37NO5S/c1-6-16-28(17-15-20-11-8-7-9-12-20)19-23(30)24(26(31)34-28)25(27(2,3)4)21-13-10-14-22(18-21)29-35(5,32)33/h7-14,18,25,29-30H,6,15-17,19H2,1-5H3. The van der Waals surface area contributed by atoms with E-state index in [0.717, 1.165) is 30.2 Å². The Morgan fingerprint density at radius 3 is 2.34 bits per heavy atom. The second-order valence-corrected chi connectivity index (χ2v) is 12.4. The summed E-state index contributed by atoms with van der Waals surface area (Å²) < 4.78 is 32.1. The van der Waals surface area contributed by atoms with Crippen molar-refractivity contribution in [2.45, 2.75) is 71.3 Å². The Kier molecular flexibility index (Phi) is 8.00. The number of anilines is 1. The van der Waals surface area contributed by atoms with E-state index in [9.17, 15) is 18.3 Å². The van der Waals surface area contributed by atoms with Crippen molar-refractivity contribution >= 4 is 21.7 Å². The molecule has 2 N–H and O–H groups in total. The van der Waals surface area contributed by atoms with Crippen molar-refractivity contribution in [3.8, 4) is 0 Å². The lowest BCUT2D eigenvalue weighted by Crippen LogP contribution is -2.43. The van der Waals surface area contributed by atoms with Gasteiger partial charge in [0.2, 0.25) is 10.0 Å². The number of esters is 1. The predicted molar refractivity (Wildman–Crippen MR) is 140 cm³/mol. The minimum atomic E-state index is -3.46. The van der Waals surface area contributed by atoms with Gasteiger partial charge in [0.1, 0.15) is 11.4 Å². The molecule has 2 aromatic carbocycles. The van der Waals surface area contributed by atoms with Crippen LogP contribution in [0.3, 0.4) is 0 Å². The lowest BCUT2D eigenvalue weighted by Gasteiger charge is -2.41. The number of carbonyl (C=O) groups is 1. The van der Waals surface area contributed by atoms with Gasteiger partial charge in [-0.05, 0) is 47.9 Å². The van der Waals surface area contributed by atoms with E-state index in [1.165, 1.54) is 0 Å². The van der Waals surface area contributed by atoms with Gasteiger partial charge in [-0.15, -0.1) is 0 Å². The van der Waals surface area contributed by atoms with E-state index in [1.807, 2.05) is 52.0 Å². The van der Waals surface area contributed by atoms with Crippen LogP contribution >= 0.6 is 0 Å². The first-order valence-corrected chi connectivity index (χ1v) is 14.0. The topological polar surface area (TPSA) is 92.7 Å². The maximum absolute atomic E-state index is 13.5. The Bertz CT molecular complexity index is 1180. The molecular weight excluding hydrogens is 462 g/mol. The molecule has 1 aliphatic heterocycles. The minimum Gasteiger partial charge on any atom is -0.512 e. The smallest absolute Gasteiger partial charge is 0.338 e. The first kappa shape index (κ1) is 26.8. The van der Waals surface area contributed by atoms with E-state index in [-0.39, 0.29) is 17.8 Å². The number of carbonyl (C=O) groups excluding carboxylic acids is 1. The van der Waals surface area contributed by atoms with Crippen LogP contribution < -0.4 is 4.72 Å². The second-order valence-electron chi connectivity index (χ2n) is 10.6. The molecule has 3 rings (SSSR count). The number of ether oxygens (including phenoxy) is 1. The molecule has 0 radical (unpaired) electrons. The highest BCUT2D eigenvalue weighted by atomic mass is 32.2. The summed E-state index contributed by atoms with van der Waals surface area (Å²) >= 11 is 0. The van der Waals surface area contributed by atoms with Gasteiger partial charge in [0.15, 0.2) is 0 Å². The molecule has 0 saturated carbocycles. The zero-order valence-corrected chi connectivity index (χ0v) is 22.1. The minimum absolute atomic E-state index is 0.0594. The van der Waals surface area contributed by atoms with Crippen LogP contribution in [0.4, 0.5) is 5.69 Å². The van der Waals surface area contributed by atoms with Gasteiger partial charge in [-0.3, -0.25) is 4.72 Å². The summed E-state index contributed by atoms with van der Waals surface area (Å²) in [5.41, 5.74) is 1.36. The van der Waals surface area contributed by atoms with E-state index in [0.29, 0.717) is 18.5 Å². The Hall–Kier alpha value is -2.80. The summed E-state index contributed by atoms with van der Waals surface area (Å²) in [5, 5.41) is 11.3. The lowest BCUT2D eigenvalue weighted by molar-refractivity contribution is -0.161. The number of hydrogen-bond acceptors (Lipinski definition) is 5. The van der Waals surface area contributed by atoms with Crippen molar-refractivity contribution < 1.29 is 23.1 Å². The highest BCUT2D eigenvalue weighted by molar-refractivity contribution is 7.92. The van der Waals surface area contributed by atoms with Crippen LogP contribution in [-0.2, 0) is 26.0 Å². The van der Waals surface area contributed by atoms with E-state index < -0.39 is 32.9 Å².